The lowest BCUT2D eigenvalue weighted by Gasteiger charge is -2.13. The highest BCUT2D eigenvalue weighted by Crippen LogP contribution is 2.38. The maximum absolute atomic E-state index is 13.9. The summed E-state index contributed by atoms with van der Waals surface area (Å²) in [6, 6.07) is 6.44. The van der Waals surface area contributed by atoms with Crippen LogP contribution >= 0.6 is 0 Å². The molecule has 114 valence electrons. The van der Waals surface area contributed by atoms with Crippen molar-refractivity contribution in [2.24, 2.45) is 0 Å². The number of hydrogen-bond acceptors (Lipinski definition) is 2. The molecule has 0 bridgehead atoms. The van der Waals surface area contributed by atoms with Crippen LogP contribution in [0.3, 0.4) is 0 Å². The van der Waals surface area contributed by atoms with Crippen molar-refractivity contribution in [1.29, 1.82) is 0 Å². The minimum Gasteiger partial charge on any atom is -0.338 e. The van der Waals surface area contributed by atoms with Gasteiger partial charge in [-0.2, -0.15) is 0 Å². The monoisotopic (exact) mass is 300 g/mol. The Morgan fingerprint density at radius 1 is 1.23 bits per heavy atom. The van der Waals surface area contributed by atoms with Crippen LogP contribution in [0.4, 0.5) is 10.1 Å². The molecule has 0 aliphatic heterocycles. The second-order valence-electron chi connectivity index (χ2n) is 5.94. The zero-order chi connectivity index (χ0) is 16.2. The predicted octanol–water partition coefficient (Wildman–Crippen LogP) is 5.04. The highest BCUT2D eigenvalue weighted by molar-refractivity contribution is 6.11. The van der Waals surface area contributed by atoms with E-state index in [0.717, 1.165) is 27.4 Å². The van der Waals surface area contributed by atoms with Gasteiger partial charge in [0.1, 0.15) is 5.82 Å². The van der Waals surface area contributed by atoms with Crippen LogP contribution in [-0.2, 0) is 0 Å². The normalized spacial score (nSPS) is 11.7. The summed E-state index contributed by atoms with van der Waals surface area (Å²) < 4.78 is 16.0. The van der Waals surface area contributed by atoms with Crippen LogP contribution < -0.4 is 0 Å². The highest BCUT2D eigenvalue weighted by atomic mass is 19.1. The Balaban J connectivity index is 2.63. The molecule has 0 fully saturated rings. The van der Waals surface area contributed by atoms with Crippen molar-refractivity contribution in [1.82, 2.24) is 4.57 Å². The maximum atomic E-state index is 13.9. The van der Waals surface area contributed by atoms with Crippen molar-refractivity contribution in [2.45, 2.75) is 33.7 Å². The number of halogens is 1. The number of nitro groups is 1. The molecule has 1 aromatic heterocycles. The van der Waals surface area contributed by atoms with Crippen LogP contribution in [0.1, 0.15) is 31.0 Å². The molecule has 0 aliphatic rings. The van der Waals surface area contributed by atoms with E-state index in [2.05, 4.69) is 18.4 Å². The molecule has 0 aliphatic carbocycles. The van der Waals surface area contributed by atoms with Gasteiger partial charge < -0.3 is 4.57 Å². The van der Waals surface area contributed by atoms with Crippen LogP contribution in [0.15, 0.2) is 24.3 Å². The van der Waals surface area contributed by atoms with Gasteiger partial charge in [-0.1, -0.05) is 0 Å². The van der Waals surface area contributed by atoms with Gasteiger partial charge in [-0.25, -0.2) is 4.39 Å². The second kappa shape index (κ2) is 4.80. The van der Waals surface area contributed by atoms with E-state index in [9.17, 15) is 14.5 Å². The number of fused-ring (bicyclic) bond motifs is 3. The van der Waals surface area contributed by atoms with E-state index in [1.807, 2.05) is 6.92 Å². The van der Waals surface area contributed by atoms with E-state index in [1.54, 1.807) is 13.0 Å². The minimum atomic E-state index is -0.389. The Morgan fingerprint density at radius 2 is 1.91 bits per heavy atom. The first-order valence-corrected chi connectivity index (χ1v) is 7.20. The second-order valence-corrected chi connectivity index (χ2v) is 5.94. The lowest BCUT2D eigenvalue weighted by molar-refractivity contribution is -0.385. The Kier molecular flexibility index (Phi) is 3.16. The summed E-state index contributed by atoms with van der Waals surface area (Å²) in [4.78, 5) is 10.8. The maximum Gasteiger partial charge on any atom is 0.273 e. The fraction of sp³-hybridized carbons (Fsp3) is 0.294. The first-order chi connectivity index (χ1) is 10.3. The molecule has 0 spiro atoms. The predicted molar refractivity (Wildman–Crippen MR) is 85.9 cm³/mol. The van der Waals surface area contributed by atoms with Crippen molar-refractivity contribution in [3.05, 3.63) is 51.3 Å². The van der Waals surface area contributed by atoms with Crippen LogP contribution in [0.2, 0.25) is 0 Å². The van der Waals surface area contributed by atoms with E-state index in [1.165, 1.54) is 18.2 Å². The number of hydrogen-bond donors (Lipinski definition) is 0. The fourth-order valence-corrected chi connectivity index (χ4v) is 3.33. The Labute approximate surface area is 127 Å². The van der Waals surface area contributed by atoms with Crippen LogP contribution in [-0.4, -0.2) is 9.49 Å². The first kappa shape index (κ1) is 14.5. The molecule has 2 aromatic carbocycles. The zero-order valence-electron chi connectivity index (χ0n) is 13.0. The Bertz CT molecular complexity index is 926. The molecular formula is C17H17FN2O2. The van der Waals surface area contributed by atoms with Gasteiger partial charge >= 0.3 is 0 Å². The molecule has 0 saturated heterocycles. The molecular weight excluding hydrogens is 283 g/mol. The number of aryl methyl sites for hydroxylation is 2. The third kappa shape index (κ3) is 1.89. The van der Waals surface area contributed by atoms with Gasteiger partial charge in [0.05, 0.1) is 16.0 Å². The van der Waals surface area contributed by atoms with E-state index in [4.69, 9.17) is 0 Å². The van der Waals surface area contributed by atoms with Crippen LogP contribution in [0.5, 0.6) is 0 Å². The molecule has 0 amide bonds. The first-order valence-electron chi connectivity index (χ1n) is 7.20. The van der Waals surface area contributed by atoms with Crippen LogP contribution in [0.25, 0.3) is 21.8 Å². The van der Waals surface area contributed by atoms with E-state index < -0.39 is 0 Å². The number of rotatable bonds is 2. The quantitative estimate of drug-likeness (QED) is 0.491. The fourth-order valence-electron chi connectivity index (χ4n) is 3.33. The van der Waals surface area contributed by atoms with Crippen molar-refractivity contribution >= 4 is 27.5 Å². The number of aromatic nitrogens is 1. The molecule has 4 nitrogen and oxygen atoms in total. The van der Waals surface area contributed by atoms with Crippen LogP contribution in [0, 0.1) is 29.8 Å². The van der Waals surface area contributed by atoms with E-state index >= 15 is 0 Å². The Morgan fingerprint density at radius 3 is 2.50 bits per heavy atom. The standard InChI is InChI=1S/C17H17FN2O2/c1-9(2)19-15-6-5-14(20(21)22)11(4)16(15)13-8-12(18)7-10(3)17(13)19/h5-9H,1-4H3. The summed E-state index contributed by atoms with van der Waals surface area (Å²) in [5, 5.41) is 12.7. The van der Waals surface area contributed by atoms with Gasteiger partial charge in [0, 0.05) is 28.4 Å². The van der Waals surface area contributed by atoms with Gasteiger partial charge in [0.15, 0.2) is 0 Å². The van der Waals surface area contributed by atoms with Gasteiger partial charge in [0.25, 0.3) is 5.69 Å². The molecule has 0 radical (unpaired) electrons. The summed E-state index contributed by atoms with van der Waals surface area (Å²) in [5.41, 5.74) is 3.33. The summed E-state index contributed by atoms with van der Waals surface area (Å²) >= 11 is 0. The lowest BCUT2D eigenvalue weighted by Crippen LogP contribution is -2.01. The SMILES string of the molecule is Cc1c([N+](=O)[O-])ccc2c1c1cc(F)cc(C)c1n2C(C)C. The average molecular weight is 300 g/mol. The van der Waals surface area contributed by atoms with Gasteiger partial charge in [0.2, 0.25) is 0 Å². The minimum absolute atomic E-state index is 0.0669. The molecule has 1 heterocycles. The summed E-state index contributed by atoms with van der Waals surface area (Å²) in [5.74, 6) is -0.321. The number of benzene rings is 2. The molecule has 0 saturated carbocycles. The molecule has 5 heteroatoms. The molecule has 0 atom stereocenters. The molecule has 22 heavy (non-hydrogen) atoms. The molecule has 3 rings (SSSR count). The number of nitrogens with zero attached hydrogens (tertiary/aromatic N) is 2. The zero-order valence-corrected chi connectivity index (χ0v) is 13.0. The summed E-state index contributed by atoms with van der Waals surface area (Å²) in [6.07, 6.45) is 0. The highest BCUT2D eigenvalue weighted by Gasteiger charge is 2.21. The number of nitro benzene ring substituents is 1. The smallest absolute Gasteiger partial charge is 0.273 e. The van der Waals surface area contributed by atoms with Gasteiger partial charge in [-0.15, -0.1) is 0 Å². The third-order valence-electron chi connectivity index (χ3n) is 4.16. The third-order valence-corrected chi connectivity index (χ3v) is 4.16. The van der Waals surface area contributed by atoms with Crippen molar-refractivity contribution < 1.29 is 9.31 Å². The van der Waals surface area contributed by atoms with Gasteiger partial charge in [-0.05, 0) is 51.5 Å². The molecule has 3 aromatic rings. The topological polar surface area (TPSA) is 48.1 Å². The lowest BCUT2D eigenvalue weighted by atomic mass is 10.0. The van der Waals surface area contributed by atoms with Crippen molar-refractivity contribution in [3.8, 4) is 0 Å². The average Bonchev–Trinajstić information content (AvgIpc) is 2.74. The van der Waals surface area contributed by atoms with Crippen molar-refractivity contribution in [2.75, 3.05) is 0 Å². The largest absolute Gasteiger partial charge is 0.338 e. The Hall–Kier alpha value is -2.43. The van der Waals surface area contributed by atoms with Gasteiger partial charge in [-0.3, -0.25) is 10.1 Å². The van der Waals surface area contributed by atoms with E-state index in [0.29, 0.717) is 5.56 Å². The summed E-state index contributed by atoms with van der Waals surface area (Å²) in [6.45, 7) is 7.70. The molecule has 0 unspecified atom stereocenters. The molecule has 0 N–H and O–H groups in total. The van der Waals surface area contributed by atoms with E-state index in [-0.39, 0.29) is 22.5 Å². The summed E-state index contributed by atoms with van der Waals surface area (Å²) in [7, 11) is 0. The van der Waals surface area contributed by atoms with Crippen molar-refractivity contribution in [3.63, 3.8) is 0 Å².